The smallest absolute Gasteiger partial charge is 0.281 e. The number of fused-ring (bicyclic) bond motifs is 3. The predicted molar refractivity (Wildman–Crippen MR) is 105 cm³/mol. The Morgan fingerprint density at radius 3 is 2.08 bits per heavy atom. The summed E-state index contributed by atoms with van der Waals surface area (Å²) in [6.45, 7) is 0. The number of aliphatic hydroxyl groups is 1. The molecule has 4 nitrogen and oxygen atoms in total. The molecule has 128 valence electrons. The molecule has 0 aliphatic heterocycles. The van der Waals surface area contributed by atoms with Crippen molar-refractivity contribution in [1.29, 1.82) is 0 Å². The second-order valence-corrected chi connectivity index (χ2v) is 6.88. The van der Waals surface area contributed by atoms with Gasteiger partial charge in [-0.2, -0.15) is 5.10 Å². The number of nitrogens with one attached hydrogen (secondary N) is 1. The molecule has 0 fully saturated rings. The lowest BCUT2D eigenvalue weighted by Gasteiger charge is -2.23. The third-order valence-corrected chi connectivity index (χ3v) is 5.25. The van der Waals surface area contributed by atoms with Crippen molar-refractivity contribution in [3.8, 4) is 11.1 Å². The van der Waals surface area contributed by atoms with Gasteiger partial charge in [0.2, 0.25) is 0 Å². The van der Waals surface area contributed by atoms with Crippen LogP contribution in [0.2, 0.25) is 0 Å². The van der Waals surface area contributed by atoms with Crippen molar-refractivity contribution in [2.24, 2.45) is 5.10 Å². The molecule has 5 heteroatoms. The fourth-order valence-corrected chi connectivity index (χ4v) is 3.66. The SMILES string of the molecule is O=C(N/N=C\c1ccccc1Br)C1(O)c2ccccc2-c2ccccc21. The van der Waals surface area contributed by atoms with Crippen LogP contribution >= 0.6 is 15.9 Å². The summed E-state index contributed by atoms with van der Waals surface area (Å²) < 4.78 is 0.869. The van der Waals surface area contributed by atoms with Crippen LogP contribution in [0.1, 0.15) is 16.7 Å². The Morgan fingerprint density at radius 1 is 0.923 bits per heavy atom. The minimum absolute atomic E-state index is 0.565. The first-order chi connectivity index (χ1) is 12.6. The van der Waals surface area contributed by atoms with E-state index in [1.54, 1.807) is 12.1 Å². The van der Waals surface area contributed by atoms with E-state index in [0.29, 0.717) is 11.1 Å². The maximum Gasteiger partial charge on any atom is 0.281 e. The number of benzene rings is 3. The van der Waals surface area contributed by atoms with Gasteiger partial charge in [0.25, 0.3) is 5.91 Å². The number of amides is 1. The molecular formula is C21H15BrN2O2. The topological polar surface area (TPSA) is 61.7 Å². The summed E-state index contributed by atoms with van der Waals surface area (Å²) in [6, 6.07) is 22.3. The molecular weight excluding hydrogens is 392 g/mol. The predicted octanol–water partition coefficient (Wildman–Crippen LogP) is 3.82. The molecule has 4 rings (SSSR count). The van der Waals surface area contributed by atoms with Crippen molar-refractivity contribution in [2.75, 3.05) is 0 Å². The van der Waals surface area contributed by atoms with E-state index in [-0.39, 0.29) is 0 Å². The molecule has 0 unspecified atom stereocenters. The maximum absolute atomic E-state index is 12.9. The van der Waals surface area contributed by atoms with Crippen molar-refractivity contribution < 1.29 is 9.90 Å². The largest absolute Gasteiger partial charge is 0.372 e. The zero-order valence-electron chi connectivity index (χ0n) is 13.7. The van der Waals surface area contributed by atoms with Crippen LogP contribution in [-0.4, -0.2) is 17.2 Å². The number of hydrogen-bond donors (Lipinski definition) is 2. The van der Waals surface area contributed by atoms with E-state index in [0.717, 1.165) is 21.2 Å². The van der Waals surface area contributed by atoms with Crippen molar-refractivity contribution in [1.82, 2.24) is 5.43 Å². The van der Waals surface area contributed by atoms with Gasteiger partial charge in [-0.3, -0.25) is 4.79 Å². The zero-order chi connectivity index (χ0) is 18.1. The summed E-state index contributed by atoms with van der Waals surface area (Å²) in [5.74, 6) is -0.585. The lowest BCUT2D eigenvalue weighted by molar-refractivity contribution is -0.136. The summed E-state index contributed by atoms with van der Waals surface area (Å²) in [7, 11) is 0. The van der Waals surface area contributed by atoms with Crippen LogP contribution < -0.4 is 5.43 Å². The number of carbonyl (C=O) groups excluding carboxylic acids is 1. The van der Waals surface area contributed by atoms with Gasteiger partial charge in [-0.1, -0.05) is 82.7 Å². The summed E-state index contributed by atoms with van der Waals surface area (Å²) >= 11 is 3.43. The van der Waals surface area contributed by atoms with Gasteiger partial charge in [-0.15, -0.1) is 0 Å². The first kappa shape index (κ1) is 16.7. The molecule has 0 bridgehead atoms. The highest BCUT2D eigenvalue weighted by Gasteiger charge is 2.47. The second-order valence-electron chi connectivity index (χ2n) is 6.02. The van der Waals surface area contributed by atoms with E-state index in [9.17, 15) is 9.90 Å². The molecule has 1 aliphatic rings. The van der Waals surface area contributed by atoms with Gasteiger partial charge < -0.3 is 5.11 Å². The first-order valence-electron chi connectivity index (χ1n) is 8.12. The lowest BCUT2D eigenvalue weighted by atomic mass is 9.91. The van der Waals surface area contributed by atoms with Crippen LogP contribution in [0.3, 0.4) is 0 Å². The Bertz CT molecular complexity index is 984. The van der Waals surface area contributed by atoms with Crippen molar-refractivity contribution in [3.63, 3.8) is 0 Å². The Labute approximate surface area is 159 Å². The molecule has 3 aromatic carbocycles. The normalized spacial score (nSPS) is 14.1. The molecule has 0 heterocycles. The Morgan fingerprint density at radius 2 is 1.46 bits per heavy atom. The minimum Gasteiger partial charge on any atom is -0.372 e. The number of hydrogen-bond acceptors (Lipinski definition) is 3. The quantitative estimate of drug-likeness (QED) is 0.512. The van der Waals surface area contributed by atoms with Crippen molar-refractivity contribution >= 4 is 28.1 Å². The summed E-state index contributed by atoms with van der Waals surface area (Å²) in [6.07, 6.45) is 1.54. The molecule has 26 heavy (non-hydrogen) atoms. The molecule has 0 saturated carbocycles. The Kier molecular flexibility index (Phi) is 4.18. The van der Waals surface area contributed by atoms with Crippen LogP contribution in [0.5, 0.6) is 0 Å². The zero-order valence-corrected chi connectivity index (χ0v) is 15.3. The number of carbonyl (C=O) groups is 1. The maximum atomic E-state index is 12.9. The molecule has 3 aromatic rings. The molecule has 1 aliphatic carbocycles. The third-order valence-electron chi connectivity index (χ3n) is 4.53. The summed E-state index contributed by atoms with van der Waals surface area (Å²) in [5.41, 5.74) is 4.39. The fraction of sp³-hybridized carbons (Fsp3) is 0.0476. The Hall–Kier alpha value is -2.76. The molecule has 0 radical (unpaired) electrons. The Balaban J connectivity index is 1.68. The standard InChI is InChI=1S/C21H15BrN2O2/c22-19-12-6-1-7-14(19)13-23-24-20(25)21(26)17-10-4-2-8-15(17)16-9-3-5-11-18(16)21/h1-13,26H,(H,24,25)/b23-13-. The van der Waals surface area contributed by atoms with E-state index in [1.807, 2.05) is 60.7 Å². The van der Waals surface area contributed by atoms with E-state index in [1.165, 1.54) is 6.21 Å². The average molecular weight is 407 g/mol. The second kappa shape index (κ2) is 6.52. The van der Waals surface area contributed by atoms with Crippen molar-refractivity contribution in [3.05, 3.63) is 94.0 Å². The number of nitrogens with zero attached hydrogens (tertiary/aromatic N) is 1. The van der Waals surface area contributed by atoms with Crippen LogP contribution in [0, 0.1) is 0 Å². The fourth-order valence-electron chi connectivity index (χ4n) is 3.28. The summed E-state index contributed by atoms with van der Waals surface area (Å²) in [5, 5.41) is 15.3. The lowest BCUT2D eigenvalue weighted by Crippen LogP contribution is -2.42. The molecule has 0 atom stereocenters. The van der Waals surface area contributed by atoms with Crippen LogP contribution in [0.25, 0.3) is 11.1 Å². The van der Waals surface area contributed by atoms with E-state index >= 15 is 0 Å². The van der Waals surface area contributed by atoms with Gasteiger partial charge in [-0.25, -0.2) is 5.43 Å². The monoisotopic (exact) mass is 406 g/mol. The van der Waals surface area contributed by atoms with E-state index < -0.39 is 11.5 Å². The molecule has 0 aromatic heterocycles. The van der Waals surface area contributed by atoms with Crippen LogP contribution in [0.15, 0.2) is 82.4 Å². The molecule has 0 spiro atoms. The first-order valence-corrected chi connectivity index (χ1v) is 8.91. The molecule has 2 N–H and O–H groups in total. The van der Waals surface area contributed by atoms with Crippen LogP contribution in [-0.2, 0) is 10.4 Å². The minimum atomic E-state index is -1.77. The molecule has 1 amide bonds. The van der Waals surface area contributed by atoms with Gasteiger partial charge in [0, 0.05) is 21.2 Å². The highest BCUT2D eigenvalue weighted by molar-refractivity contribution is 9.10. The van der Waals surface area contributed by atoms with Gasteiger partial charge >= 0.3 is 0 Å². The number of halogens is 1. The third kappa shape index (κ3) is 2.57. The van der Waals surface area contributed by atoms with E-state index in [2.05, 4.69) is 26.5 Å². The highest BCUT2D eigenvalue weighted by atomic mass is 79.9. The van der Waals surface area contributed by atoms with Crippen molar-refractivity contribution in [2.45, 2.75) is 5.60 Å². The van der Waals surface area contributed by atoms with Crippen LogP contribution in [0.4, 0.5) is 0 Å². The molecule has 0 saturated heterocycles. The van der Waals surface area contributed by atoms with E-state index in [4.69, 9.17) is 0 Å². The van der Waals surface area contributed by atoms with Gasteiger partial charge in [0.1, 0.15) is 0 Å². The highest BCUT2D eigenvalue weighted by Crippen LogP contribution is 2.47. The van der Waals surface area contributed by atoms with Gasteiger partial charge in [-0.05, 0) is 17.2 Å². The number of rotatable bonds is 3. The average Bonchev–Trinajstić information content (AvgIpc) is 2.94. The van der Waals surface area contributed by atoms with Gasteiger partial charge in [0.05, 0.1) is 6.21 Å². The van der Waals surface area contributed by atoms with Gasteiger partial charge in [0.15, 0.2) is 5.60 Å². The number of hydrazone groups is 1. The summed E-state index contributed by atoms with van der Waals surface area (Å²) in [4.78, 5) is 12.9.